The number of likely N-dealkylation sites (tertiary alicyclic amines) is 1. The Bertz CT molecular complexity index is 932. The minimum absolute atomic E-state index is 0.0437. The van der Waals surface area contributed by atoms with Crippen LogP contribution in [-0.4, -0.2) is 23.9 Å². The first-order valence-corrected chi connectivity index (χ1v) is 10.2. The first-order chi connectivity index (χ1) is 13.7. The zero-order valence-corrected chi connectivity index (χ0v) is 16.5. The zero-order valence-electron chi connectivity index (χ0n) is 16.5. The fourth-order valence-electron chi connectivity index (χ4n) is 4.24. The summed E-state index contributed by atoms with van der Waals surface area (Å²) < 4.78 is 0. The van der Waals surface area contributed by atoms with Crippen LogP contribution in [0.2, 0.25) is 0 Å². The van der Waals surface area contributed by atoms with Gasteiger partial charge in [-0.25, -0.2) is 0 Å². The molecule has 0 aliphatic carbocycles. The summed E-state index contributed by atoms with van der Waals surface area (Å²) in [6.45, 7) is 4.85. The van der Waals surface area contributed by atoms with Gasteiger partial charge in [-0.3, -0.25) is 9.69 Å². The van der Waals surface area contributed by atoms with Gasteiger partial charge in [-0.15, -0.1) is 0 Å². The molecule has 3 aromatic rings. The van der Waals surface area contributed by atoms with Crippen LogP contribution in [0.1, 0.15) is 36.9 Å². The van der Waals surface area contributed by atoms with E-state index < -0.39 is 0 Å². The van der Waals surface area contributed by atoms with Crippen LogP contribution in [0, 0.1) is 5.92 Å². The van der Waals surface area contributed by atoms with Crippen molar-refractivity contribution < 1.29 is 4.79 Å². The fraction of sp³-hybridized carbons (Fsp3) is 0.320. The Balaban J connectivity index is 1.40. The Hall–Kier alpha value is -2.65. The summed E-state index contributed by atoms with van der Waals surface area (Å²) in [4.78, 5) is 15.3. The number of hydrogen-bond donors (Lipinski definition) is 1. The largest absolute Gasteiger partial charge is 0.349 e. The van der Waals surface area contributed by atoms with Crippen LogP contribution in [0.4, 0.5) is 0 Å². The highest BCUT2D eigenvalue weighted by Crippen LogP contribution is 2.24. The molecule has 2 atom stereocenters. The number of hydrogen-bond acceptors (Lipinski definition) is 2. The monoisotopic (exact) mass is 372 g/mol. The van der Waals surface area contributed by atoms with E-state index in [0.29, 0.717) is 0 Å². The number of nitrogens with one attached hydrogen (secondary N) is 1. The molecule has 28 heavy (non-hydrogen) atoms. The first kappa shape index (κ1) is 18.7. The molecule has 2 unspecified atom stereocenters. The van der Waals surface area contributed by atoms with Crippen LogP contribution < -0.4 is 5.32 Å². The van der Waals surface area contributed by atoms with Crippen molar-refractivity contribution in [3.63, 3.8) is 0 Å². The molecule has 1 N–H and O–H groups in total. The van der Waals surface area contributed by atoms with E-state index in [9.17, 15) is 4.79 Å². The molecule has 3 heteroatoms. The summed E-state index contributed by atoms with van der Waals surface area (Å²) in [6.07, 6.45) is 2.04. The molecule has 1 fully saturated rings. The van der Waals surface area contributed by atoms with Gasteiger partial charge in [0.15, 0.2) is 0 Å². The second-order valence-electron chi connectivity index (χ2n) is 7.85. The van der Waals surface area contributed by atoms with Crippen molar-refractivity contribution in [2.45, 2.75) is 32.4 Å². The number of nitrogens with zero attached hydrogens (tertiary/aromatic N) is 1. The third kappa shape index (κ3) is 4.26. The molecule has 1 amide bonds. The molecule has 0 bridgehead atoms. The van der Waals surface area contributed by atoms with Gasteiger partial charge in [0.1, 0.15) is 0 Å². The third-order valence-corrected chi connectivity index (χ3v) is 5.81. The maximum absolute atomic E-state index is 12.9. The standard InChI is InChI=1S/C25H28N2O/c1-19(20-9-3-2-4-10-20)26-25(28)23-14-8-16-27(18-23)17-22-13-7-12-21-11-5-6-15-24(21)22/h2-7,9-13,15,19,23H,8,14,16-18H2,1H3,(H,26,28). The molecule has 0 saturated carbocycles. The molecule has 0 radical (unpaired) electrons. The summed E-state index contributed by atoms with van der Waals surface area (Å²) in [5.41, 5.74) is 2.50. The second-order valence-corrected chi connectivity index (χ2v) is 7.85. The van der Waals surface area contributed by atoms with Gasteiger partial charge in [0.25, 0.3) is 0 Å². The minimum atomic E-state index is 0.0437. The fourth-order valence-corrected chi connectivity index (χ4v) is 4.24. The normalized spacial score (nSPS) is 18.7. The van der Waals surface area contributed by atoms with Gasteiger partial charge in [0.05, 0.1) is 12.0 Å². The van der Waals surface area contributed by atoms with E-state index in [2.05, 4.69) is 71.7 Å². The smallest absolute Gasteiger partial charge is 0.224 e. The van der Waals surface area contributed by atoms with Crippen molar-refractivity contribution in [3.05, 3.63) is 83.9 Å². The molecule has 1 aliphatic rings. The molecule has 144 valence electrons. The van der Waals surface area contributed by atoms with E-state index in [1.807, 2.05) is 18.2 Å². The van der Waals surface area contributed by atoms with Crippen molar-refractivity contribution in [3.8, 4) is 0 Å². The van der Waals surface area contributed by atoms with E-state index in [-0.39, 0.29) is 17.9 Å². The van der Waals surface area contributed by atoms with Crippen molar-refractivity contribution >= 4 is 16.7 Å². The number of amides is 1. The number of carbonyl (C=O) groups excluding carboxylic acids is 1. The minimum Gasteiger partial charge on any atom is -0.349 e. The van der Waals surface area contributed by atoms with Gasteiger partial charge in [-0.2, -0.15) is 0 Å². The summed E-state index contributed by atoms with van der Waals surface area (Å²) in [6, 6.07) is 25.3. The molecule has 0 spiro atoms. The van der Waals surface area contributed by atoms with Crippen molar-refractivity contribution in [2.75, 3.05) is 13.1 Å². The SMILES string of the molecule is CC(NC(=O)C1CCCN(Cc2cccc3ccccc23)C1)c1ccccc1. The lowest BCUT2D eigenvalue weighted by Gasteiger charge is -2.33. The Kier molecular flexibility index (Phi) is 5.73. The number of carbonyl (C=O) groups is 1. The van der Waals surface area contributed by atoms with E-state index in [1.165, 1.54) is 16.3 Å². The van der Waals surface area contributed by atoms with Gasteiger partial charge >= 0.3 is 0 Å². The number of rotatable bonds is 5. The van der Waals surface area contributed by atoms with Gasteiger partial charge in [-0.05, 0) is 48.2 Å². The summed E-state index contributed by atoms with van der Waals surface area (Å²) in [7, 11) is 0. The lowest BCUT2D eigenvalue weighted by molar-refractivity contribution is -0.127. The molecule has 4 rings (SSSR count). The average Bonchev–Trinajstić information content (AvgIpc) is 2.75. The van der Waals surface area contributed by atoms with E-state index >= 15 is 0 Å². The molecular weight excluding hydrogens is 344 g/mol. The molecule has 3 nitrogen and oxygen atoms in total. The first-order valence-electron chi connectivity index (χ1n) is 10.2. The van der Waals surface area contributed by atoms with E-state index in [0.717, 1.165) is 38.0 Å². The molecule has 1 aliphatic heterocycles. The van der Waals surface area contributed by atoms with Gasteiger partial charge in [0, 0.05) is 13.1 Å². The lowest BCUT2D eigenvalue weighted by atomic mass is 9.95. The van der Waals surface area contributed by atoms with Crippen LogP contribution in [-0.2, 0) is 11.3 Å². The average molecular weight is 373 g/mol. The Morgan fingerprint density at radius 2 is 1.79 bits per heavy atom. The van der Waals surface area contributed by atoms with Crippen molar-refractivity contribution in [2.24, 2.45) is 5.92 Å². The van der Waals surface area contributed by atoms with Crippen LogP contribution in [0.15, 0.2) is 72.8 Å². The van der Waals surface area contributed by atoms with Gasteiger partial charge < -0.3 is 5.32 Å². The molecular formula is C25H28N2O. The molecule has 0 aromatic heterocycles. The number of benzene rings is 3. The van der Waals surface area contributed by atoms with E-state index in [1.54, 1.807) is 0 Å². The summed E-state index contributed by atoms with van der Waals surface area (Å²) >= 11 is 0. The Morgan fingerprint density at radius 1 is 1.04 bits per heavy atom. The third-order valence-electron chi connectivity index (χ3n) is 5.81. The van der Waals surface area contributed by atoms with Crippen molar-refractivity contribution in [1.29, 1.82) is 0 Å². The summed E-state index contributed by atoms with van der Waals surface area (Å²) in [5.74, 6) is 0.244. The predicted molar refractivity (Wildman–Crippen MR) is 115 cm³/mol. The van der Waals surface area contributed by atoms with E-state index in [4.69, 9.17) is 0 Å². The molecule has 3 aromatic carbocycles. The van der Waals surface area contributed by atoms with Crippen LogP contribution >= 0.6 is 0 Å². The number of piperidine rings is 1. The second kappa shape index (κ2) is 8.57. The number of fused-ring (bicyclic) bond motifs is 1. The van der Waals surface area contributed by atoms with Crippen LogP contribution in [0.25, 0.3) is 10.8 Å². The summed E-state index contributed by atoms with van der Waals surface area (Å²) in [5, 5.41) is 5.81. The highest BCUT2D eigenvalue weighted by molar-refractivity contribution is 5.85. The Morgan fingerprint density at radius 3 is 2.64 bits per heavy atom. The maximum atomic E-state index is 12.9. The topological polar surface area (TPSA) is 32.3 Å². The van der Waals surface area contributed by atoms with Crippen molar-refractivity contribution in [1.82, 2.24) is 10.2 Å². The van der Waals surface area contributed by atoms with Crippen LogP contribution in [0.3, 0.4) is 0 Å². The van der Waals surface area contributed by atoms with Crippen LogP contribution in [0.5, 0.6) is 0 Å². The lowest BCUT2D eigenvalue weighted by Crippen LogP contribution is -2.43. The maximum Gasteiger partial charge on any atom is 0.224 e. The molecule has 1 saturated heterocycles. The van der Waals surface area contributed by atoms with Gasteiger partial charge in [-0.1, -0.05) is 72.8 Å². The zero-order chi connectivity index (χ0) is 19.3. The Labute approximate surface area is 167 Å². The predicted octanol–water partition coefficient (Wildman–Crippen LogP) is 4.93. The molecule has 1 heterocycles. The quantitative estimate of drug-likeness (QED) is 0.689. The highest BCUT2D eigenvalue weighted by Gasteiger charge is 2.27. The van der Waals surface area contributed by atoms with Gasteiger partial charge in [0.2, 0.25) is 5.91 Å². The highest BCUT2D eigenvalue weighted by atomic mass is 16.2.